The number of hydrogen-bond acceptors (Lipinski definition) is 4. The molecule has 0 fully saturated rings. The maximum Gasteiger partial charge on any atom is 0.190 e. The van der Waals surface area contributed by atoms with Crippen LogP contribution in [0.25, 0.3) is 0 Å². The van der Waals surface area contributed by atoms with Gasteiger partial charge in [-0.1, -0.05) is 12.1 Å². The van der Waals surface area contributed by atoms with Gasteiger partial charge in [-0.05, 0) is 31.2 Å². The highest BCUT2D eigenvalue weighted by atomic mass is 32.1. The highest BCUT2D eigenvalue weighted by Crippen LogP contribution is 2.19. The SMILES string of the molecule is COc1cccc(N=c2scc(C)n2CCc2ccccn2)c1. The standard InChI is InChI=1S/C18H19N3OS/c1-14-13-23-18(20-16-7-5-8-17(12-16)22-2)21(14)11-9-15-6-3-4-10-19-15/h3-8,10,12-13H,9,11H2,1-2H3. The van der Waals surface area contributed by atoms with Crippen molar-refractivity contribution in [3.8, 4) is 5.75 Å². The minimum Gasteiger partial charge on any atom is -0.497 e. The number of thiazole rings is 1. The Balaban J connectivity index is 1.87. The van der Waals surface area contributed by atoms with E-state index in [-0.39, 0.29) is 0 Å². The molecular formula is C18H19N3OS. The molecule has 0 spiro atoms. The molecule has 0 amide bonds. The van der Waals surface area contributed by atoms with Crippen molar-refractivity contribution in [1.82, 2.24) is 9.55 Å². The van der Waals surface area contributed by atoms with Crippen molar-refractivity contribution in [1.29, 1.82) is 0 Å². The molecular weight excluding hydrogens is 306 g/mol. The van der Waals surface area contributed by atoms with Crippen LogP contribution in [0.15, 0.2) is 59.0 Å². The van der Waals surface area contributed by atoms with Gasteiger partial charge in [0, 0.05) is 42.0 Å². The molecule has 23 heavy (non-hydrogen) atoms. The quantitative estimate of drug-likeness (QED) is 0.717. The summed E-state index contributed by atoms with van der Waals surface area (Å²) in [5, 5.41) is 2.14. The Labute approximate surface area is 139 Å². The van der Waals surface area contributed by atoms with E-state index in [0.717, 1.165) is 34.9 Å². The van der Waals surface area contributed by atoms with Gasteiger partial charge in [0.2, 0.25) is 0 Å². The summed E-state index contributed by atoms with van der Waals surface area (Å²) in [6.07, 6.45) is 2.73. The van der Waals surface area contributed by atoms with Crippen molar-refractivity contribution in [3.63, 3.8) is 0 Å². The number of methoxy groups -OCH3 is 1. The van der Waals surface area contributed by atoms with Gasteiger partial charge in [-0.25, -0.2) is 4.99 Å². The molecule has 5 heteroatoms. The minimum absolute atomic E-state index is 0.819. The lowest BCUT2D eigenvalue weighted by molar-refractivity contribution is 0.415. The summed E-state index contributed by atoms with van der Waals surface area (Å²) in [6, 6.07) is 13.8. The van der Waals surface area contributed by atoms with Crippen LogP contribution in [0.4, 0.5) is 5.69 Å². The summed E-state index contributed by atoms with van der Waals surface area (Å²) in [5.74, 6) is 0.819. The summed E-state index contributed by atoms with van der Waals surface area (Å²) in [5.41, 5.74) is 3.21. The lowest BCUT2D eigenvalue weighted by Gasteiger charge is -2.06. The molecule has 0 radical (unpaired) electrons. The molecule has 3 rings (SSSR count). The molecule has 0 saturated heterocycles. The molecule has 0 aliphatic heterocycles. The van der Waals surface area contributed by atoms with Gasteiger partial charge >= 0.3 is 0 Å². The number of ether oxygens (including phenoxy) is 1. The molecule has 0 bridgehead atoms. The van der Waals surface area contributed by atoms with Crippen LogP contribution in [0.3, 0.4) is 0 Å². The number of nitrogens with zero attached hydrogens (tertiary/aromatic N) is 3. The van der Waals surface area contributed by atoms with Crippen LogP contribution in [0.2, 0.25) is 0 Å². The first-order valence-corrected chi connectivity index (χ1v) is 8.38. The second-order valence-electron chi connectivity index (χ2n) is 5.20. The summed E-state index contributed by atoms with van der Waals surface area (Å²) in [7, 11) is 1.67. The van der Waals surface area contributed by atoms with Crippen LogP contribution in [0, 0.1) is 6.92 Å². The van der Waals surface area contributed by atoms with Crippen molar-refractivity contribution in [2.24, 2.45) is 4.99 Å². The van der Waals surface area contributed by atoms with Gasteiger partial charge in [0.25, 0.3) is 0 Å². The topological polar surface area (TPSA) is 39.4 Å². The highest BCUT2D eigenvalue weighted by molar-refractivity contribution is 7.07. The van der Waals surface area contributed by atoms with Crippen LogP contribution in [0.5, 0.6) is 5.75 Å². The molecule has 4 nitrogen and oxygen atoms in total. The maximum absolute atomic E-state index is 5.26. The zero-order valence-electron chi connectivity index (χ0n) is 13.3. The molecule has 118 valence electrons. The summed E-state index contributed by atoms with van der Waals surface area (Å²) < 4.78 is 7.50. The van der Waals surface area contributed by atoms with Crippen LogP contribution in [0.1, 0.15) is 11.4 Å². The van der Waals surface area contributed by atoms with Crippen molar-refractivity contribution in [2.45, 2.75) is 19.9 Å². The van der Waals surface area contributed by atoms with Gasteiger partial charge in [-0.3, -0.25) is 4.98 Å². The van der Waals surface area contributed by atoms with Crippen LogP contribution in [-0.4, -0.2) is 16.7 Å². The average Bonchev–Trinajstić information content (AvgIpc) is 2.94. The van der Waals surface area contributed by atoms with E-state index in [9.17, 15) is 0 Å². The Kier molecular flexibility index (Phi) is 4.88. The lowest BCUT2D eigenvalue weighted by Crippen LogP contribution is -2.17. The molecule has 0 unspecified atom stereocenters. The Hall–Kier alpha value is -2.40. The van der Waals surface area contributed by atoms with Crippen molar-refractivity contribution >= 4 is 17.0 Å². The Bertz CT molecular complexity index is 837. The number of rotatable bonds is 5. The fraction of sp³-hybridized carbons (Fsp3) is 0.222. The number of pyridine rings is 1. The van der Waals surface area contributed by atoms with Crippen LogP contribution < -0.4 is 9.54 Å². The zero-order valence-corrected chi connectivity index (χ0v) is 14.1. The van der Waals surface area contributed by atoms with Gasteiger partial charge in [0.1, 0.15) is 5.75 Å². The molecule has 1 aromatic carbocycles. The third-order valence-corrected chi connectivity index (χ3v) is 4.57. The Morgan fingerprint density at radius 3 is 2.91 bits per heavy atom. The predicted molar refractivity (Wildman–Crippen MR) is 93.2 cm³/mol. The fourth-order valence-electron chi connectivity index (χ4n) is 2.34. The van der Waals surface area contributed by atoms with E-state index in [2.05, 4.69) is 27.9 Å². The summed E-state index contributed by atoms with van der Waals surface area (Å²) in [4.78, 5) is 10.1. The number of hydrogen-bond donors (Lipinski definition) is 0. The van der Waals surface area contributed by atoms with Crippen molar-refractivity contribution in [3.05, 3.63) is 70.2 Å². The lowest BCUT2D eigenvalue weighted by atomic mass is 10.2. The minimum atomic E-state index is 0.819. The van der Waals surface area contributed by atoms with Crippen molar-refractivity contribution in [2.75, 3.05) is 7.11 Å². The van der Waals surface area contributed by atoms with E-state index in [1.165, 1.54) is 5.69 Å². The van der Waals surface area contributed by atoms with Gasteiger partial charge in [-0.15, -0.1) is 11.3 Å². The van der Waals surface area contributed by atoms with Crippen molar-refractivity contribution < 1.29 is 4.74 Å². The molecule has 3 aromatic rings. The third kappa shape index (κ3) is 3.87. The van der Waals surface area contributed by atoms with E-state index in [1.807, 2.05) is 42.6 Å². The molecule has 0 saturated carbocycles. The van der Waals surface area contributed by atoms with Gasteiger partial charge in [0.05, 0.1) is 12.8 Å². The zero-order chi connectivity index (χ0) is 16.1. The van der Waals surface area contributed by atoms with E-state index >= 15 is 0 Å². The molecule has 0 atom stereocenters. The number of aromatic nitrogens is 2. The molecule has 2 heterocycles. The molecule has 2 aromatic heterocycles. The first-order chi connectivity index (χ1) is 11.3. The number of benzene rings is 1. The second-order valence-corrected chi connectivity index (χ2v) is 6.03. The number of aryl methyl sites for hydroxylation is 2. The van der Waals surface area contributed by atoms with Crippen LogP contribution in [-0.2, 0) is 13.0 Å². The largest absolute Gasteiger partial charge is 0.497 e. The summed E-state index contributed by atoms with van der Waals surface area (Å²) in [6.45, 7) is 2.98. The van der Waals surface area contributed by atoms with Gasteiger partial charge < -0.3 is 9.30 Å². The highest BCUT2D eigenvalue weighted by Gasteiger charge is 2.03. The monoisotopic (exact) mass is 325 g/mol. The third-order valence-electron chi connectivity index (χ3n) is 3.59. The smallest absolute Gasteiger partial charge is 0.190 e. The van der Waals surface area contributed by atoms with Gasteiger partial charge in [0.15, 0.2) is 4.80 Å². The predicted octanol–water partition coefficient (Wildman–Crippen LogP) is 3.74. The van der Waals surface area contributed by atoms with E-state index < -0.39 is 0 Å². The first-order valence-electron chi connectivity index (χ1n) is 7.50. The van der Waals surface area contributed by atoms with E-state index in [1.54, 1.807) is 18.4 Å². The average molecular weight is 325 g/mol. The maximum atomic E-state index is 5.26. The second kappa shape index (κ2) is 7.24. The Morgan fingerprint density at radius 1 is 1.22 bits per heavy atom. The van der Waals surface area contributed by atoms with E-state index in [0.29, 0.717) is 0 Å². The first kappa shape index (κ1) is 15.5. The molecule has 0 aliphatic carbocycles. The normalized spacial score (nSPS) is 11.7. The molecule has 0 aliphatic rings. The van der Waals surface area contributed by atoms with Crippen LogP contribution >= 0.6 is 11.3 Å². The Morgan fingerprint density at radius 2 is 2.13 bits per heavy atom. The molecule has 0 N–H and O–H groups in total. The fourth-order valence-corrected chi connectivity index (χ4v) is 3.26. The van der Waals surface area contributed by atoms with E-state index in [4.69, 9.17) is 9.73 Å². The summed E-state index contributed by atoms with van der Waals surface area (Å²) >= 11 is 1.65. The van der Waals surface area contributed by atoms with Gasteiger partial charge in [-0.2, -0.15) is 0 Å².